The number of aliphatic imine (C=N–C) groups is 1. The molecule has 5 nitrogen and oxygen atoms in total. The number of hydrogen-bond donors (Lipinski definition) is 2. The summed E-state index contributed by atoms with van der Waals surface area (Å²) in [4.78, 5) is 9.86. The van der Waals surface area contributed by atoms with Crippen molar-refractivity contribution in [2.75, 3.05) is 59.4 Å². The highest BCUT2D eigenvalue weighted by molar-refractivity contribution is 14.0. The lowest BCUT2D eigenvalue weighted by Crippen LogP contribution is -2.42. The molecule has 1 saturated heterocycles. The highest BCUT2D eigenvalue weighted by atomic mass is 127. The third kappa shape index (κ3) is 7.04. The number of hydrogen-bond acceptors (Lipinski definition) is 3. The van der Waals surface area contributed by atoms with E-state index >= 15 is 0 Å². The van der Waals surface area contributed by atoms with Crippen LogP contribution in [0.15, 0.2) is 29.3 Å². The minimum Gasteiger partial charge on any atom is -0.357 e. The van der Waals surface area contributed by atoms with Crippen LogP contribution in [0.3, 0.4) is 0 Å². The Morgan fingerprint density at radius 1 is 1.18 bits per heavy atom. The third-order valence-corrected chi connectivity index (χ3v) is 5.94. The number of nitrogens with zero attached hydrogens (tertiary/aromatic N) is 3. The van der Waals surface area contributed by atoms with Crippen molar-refractivity contribution < 1.29 is 0 Å². The maximum atomic E-state index is 6.19. The van der Waals surface area contributed by atoms with Crippen LogP contribution in [0.1, 0.15) is 31.7 Å². The number of guanidine groups is 1. The quantitative estimate of drug-likeness (QED) is 0.330. The lowest BCUT2D eigenvalue weighted by Gasteiger charge is -2.21. The molecule has 1 aromatic rings. The zero-order valence-corrected chi connectivity index (χ0v) is 20.3. The van der Waals surface area contributed by atoms with Gasteiger partial charge in [0.25, 0.3) is 0 Å². The van der Waals surface area contributed by atoms with Crippen molar-refractivity contribution in [1.29, 1.82) is 0 Å². The first-order valence-corrected chi connectivity index (χ1v) is 10.7. The van der Waals surface area contributed by atoms with Crippen molar-refractivity contribution in [3.8, 4) is 0 Å². The summed E-state index contributed by atoms with van der Waals surface area (Å²) in [5.41, 5.74) is 1.51. The van der Waals surface area contributed by atoms with Gasteiger partial charge in [-0.3, -0.25) is 4.99 Å². The molecule has 2 fully saturated rings. The fourth-order valence-corrected chi connectivity index (χ4v) is 3.93. The Morgan fingerprint density at radius 2 is 2.00 bits per heavy atom. The van der Waals surface area contributed by atoms with Gasteiger partial charge in [-0.1, -0.05) is 23.7 Å². The molecule has 3 rings (SSSR count). The molecule has 0 amide bonds. The summed E-state index contributed by atoms with van der Waals surface area (Å²) in [6.07, 6.45) is 3.64. The summed E-state index contributed by atoms with van der Waals surface area (Å²) in [6, 6.07) is 8.27. The van der Waals surface area contributed by atoms with Crippen LogP contribution < -0.4 is 10.6 Å². The maximum absolute atomic E-state index is 6.19. The van der Waals surface area contributed by atoms with Crippen molar-refractivity contribution in [3.05, 3.63) is 34.9 Å². The molecule has 1 aliphatic heterocycles. The first-order chi connectivity index (χ1) is 13.1. The summed E-state index contributed by atoms with van der Waals surface area (Å²) in [7, 11) is 2.21. The first-order valence-electron chi connectivity index (χ1n) is 10.3. The van der Waals surface area contributed by atoms with E-state index in [0.29, 0.717) is 0 Å². The van der Waals surface area contributed by atoms with Gasteiger partial charge in [-0.05, 0) is 64.0 Å². The molecule has 0 atom stereocenters. The van der Waals surface area contributed by atoms with Crippen molar-refractivity contribution in [3.63, 3.8) is 0 Å². The van der Waals surface area contributed by atoms with Crippen LogP contribution in [0.25, 0.3) is 0 Å². The van der Waals surface area contributed by atoms with Crippen molar-refractivity contribution in [1.82, 2.24) is 20.4 Å². The van der Waals surface area contributed by atoms with Gasteiger partial charge in [-0.15, -0.1) is 24.0 Å². The lowest BCUT2D eigenvalue weighted by atomic mass is 9.96. The molecule has 2 N–H and O–H groups in total. The highest BCUT2D eigenvalue weighted by Gasteiger charge is 2.44. The lowest BCUT2D eigenvalue weighted by molar-refractivity contribution is 0.280. The molecule has 7 heteroatoms. The van der Waals surface area contributed by atoms with E-state index in [0.717, 1.165) is 50.3 Å². The molecule has 1 aliphatic carbocycles. The van der Waals surface area contributed by atoms with Gasteiger partial charge in [0.05, 0.1) is 6.54 Å². The second-order valence-corrected chi connectivity index (χ2v) is 8.35. The second kappa shape index (κ2) is 11.6. The maximum Gasteiger partial charge on any atom is 0.191 e. The van der Waals surface area contributed by atoms with Gasteiger partial charge in [0.2, 0.25) is 0 Å². The van der Waals surface area contributed by atoms with E-state index in [1.807, 2.05) is 12.1 Å². The SMILES string of the molecule is CCNC(=NCC1(c2cccc(Cl)c2)CC1)NCCN1CCCN(C)CC1.I. The fourth-order valence-electron chi connectivity index (χ4n) is 3.74. The monoisotopic (exact) mass is 519 g/mol. The van der Waals surface area contributed by atoms with Crippen LogP contribution in [0.2, 0.25) is 5.02 Å². The number of nitrogens with one attached hydrogen (secondary N) is 2. The van der Waals surface area contributed by atoms with Crippen LogP contribution in [0.4, 0.5) is 0 Å². The Bertz CT molecular complexity index is 635. The van der Waals surface area contributed by atoms with Crippen LogP contribution >= 0.6 is 35.6 Å². The van der Waals surface area contributed by atoms with Crippen molar-refractivity contribution >= 4 is 41.5 Å². The van der Waals surface area contributed by atoms with Crippen molar-refractivity contribution in [2.45, 2.75) is 31.6 Å². The molecular formula is C21H35ClIN5. The van der Waals surface area contributed by atoms with E-state index in [1.165, 1.54) is 37.9 Å². The summed E-state index contributed by atoms with van der Waals surface area (Å²) >= 11 is 6.19. The molecule has 0 unspecified atom stereocenters. The predicted molar refractivity (Wildman–Crippen MR) is 130 cm³/mol. The largest absolute Gasteiger partial charge is 0.357 e. The Hall–Kier alpha value is -0.570. The number of likely N-dealkylation sites (N-methyl/N-ethyl adjacent to an activating group) is 1. The van der Waals surface area contributed by atoms with E-state index < -0.39 is 0 Å². The minimum absolute atomic E-state index is 0. The summed E-state index contributed by atoms with van der Waals surface area (Å²) in [5, 5.41) is 7.73. The molecule has 1 saturated carbocycles. The van der Waals surface area contributed by atoms with Gasteiger partial charge in [0.15, 0.2) is 5.96 Å². The van der Waals surface area contributed by atoms with E-state index in [4.69, 9.17) is 16.6 Å². The van der Waals surface area contributed by atoms with Gasteiger partial charge >= 0.3 is 0 Å². The predicted octanol–water partition coefficient (Wildman–Crippen LogP) is 3.18. The smallest absolute Gasteiger partial charge is 0.191 e. The van der Waals surface area contributed by atoms with Crippen LogP contribution in [0, 0.1) is 0 Å². The summed E-state index contributed by atoms with van der Waals surface area (Å²) < 4.78 is 0. The zero-order valence-electron chi connectivity index (χ0n) is 17.2. The zero-order chi connectivity index (χ0) is 19.1. The van der Waals surface area contributed by atoms with Crippen molar-refractivity contribution in [2.24, 2.45) is 4.99 Å². The Labute approximate surface area is 192 Å². The normalized spacial score (nSPS) is 20.2. The van der Waals surface area contributed by atoms with E-state index in [9.17, 15) is 0 Å². The topological polar surface area (TPSA) is 42.9 Å². The Morgan fingerprint density at radius 3 is 2.71 bits per heavy atom. The highest BCUT2D eigenvalue weighted by Crippen LogP contribution is 2.48. The second-order valence-electron chi connectivity index (χ2n) is 7.91. The Balaban J connectivity index is 0.00000280. The molecule has 0 radical (unpaired) electrons. The van der Waals surface area contributed by atoms with Gasteiger partial charge in [0.1, 0.15) is 0 Å². The van der Waals surface area contributed by atoms with E-state index in [2.05, 4.69) is 46.5 Å². The van der Waals surface area contributed by atoms with E-state index in [-0.39, 0.29) is 29.4 Å². The Kier molecular flexibility index (Phi) is 9.80. The molecule has 0 bridgehead atoms. The number of halogens is 2. The van der Waals surface area contributed by atoms with Gasteiger partial charge < -0.3 is 20.4 Å². The molecule has 0 aromatic heterocycles. The molecular weight excluding hydrogens is 485 g/mol. The van der Waals surface area contributed by atoms with E-state index in [1.54, 1.807) is 0 Å². The molecule has 158 valence electrons. The average molecular weight is 520 g/mol. The molecule has 28 heavy (non-hydrogen) atoms. The summed E-state index contributed by atoms with van der Waals surface area (Å²) in [5.74, 6) is 0.928. The standard InChI is InChI=1S/C21H34ClN5.HI/c1-3-23-20(24-10-13-27-12-5-11-26(2)14-15-27)25-17-21(8-9-21)18-6-4-7-19(22)16-18;/h4,6-7,16H,3,5,8-15,17H2,1-2H3,(H2,23,24,25);1H. The fraction of sp³-hybridized carbons (Fsp3) is 0.667. The molecule has 0 spiro atoms. The molecule has 1 aromatic carbocycles. The first kappa shape index (κ1) is 23.7. The number of rotatable bonds is 7. The van der Waals surface area contributed by atoms with Gasteiger partial charge in [-0.2, -0.15) is 0 Å². The average Bonchev–Trinajstić information content (AvgIpc) is 3.46. The van der Waals surface area contributed by atoms with Crippen LogP contribution in [-0.2, 0) is 5.41 Å². The minimum atomic E-state index is 0. The molecule has 2 aliphatic rings. The van der Waals surface area contributed by atoms with Gasteiger partial charge in [0, 0.05) is 43.2 Å². The van der Waals surface area contributed by atoms with Crippen LogP contribution in [0.5, 0.6) is 0 Å². The summed E-state index contributed by atoms with van der Waals surface area (Å²) in [6.45, 7) is 10.5. The molecule has 1 heterocycles. The number of benzene rings is 1. The van der Waals surface area contributed by atoms with Gasteiger partial charge in [-0.25, -0.2) is 0 Å². The third-order valence-electron chi connectivity index (χ3n) is 5.71. The van der Waals surface area contributed by atoms with Crippen LogP contribution in [-0.4, -0.2) is 75.2 Å².